The zero-order valence-corrected chi connectivity index (χ0v) is 14.1. The molecule has 1 aliphatic carbocycles. The van der Waals surface area contributed by atoms with Crippen LogP contribution in [0.1, 0.15) is 64.8 Å². The molecule has 2 fully saturated rings. The lowest BCUT2D eigenvalue weighted by atomic mass is 9.94. The first-order chi connectivity index (χ1) is 11.0. The molecular formula is C16H22N2O4S. The minimum absolute atomic E-state index is 0.119. The van der Waals surface area contributed by atoms with Gasteiger partial charge in [-0.05, 0) is 26.2 Å². The first kappa shape index (κ1) is 16.4. The van der Waals surface area contributed by atoms with E-state index in [1.807, 2.05) is 6.92 Å². The Morgan fingerprint density at radius 1 is 1.43 bits per heavy atom. The molecule has 1 unspecified atom stereocenters. The molecule has 1 amide bonds. The van der Waals surface area contributed by atoms with Crippen molar-refractivity contribution in [3.63, 3.8) is 0 Å². The summed E-state index contributed by atoms with van der Waals surface area (Å²) >= 11 is 1.45. The van der Waals surface area contributed by atoms with Gasteiger partial charge < -0.3 is 15.2 Å². The molecule has 1 saturated carbocycles. The highest BCUT2D eigenvalue weighted by atomic mass is 32.1. The summed E-state index contributed by atoms with van der Waals surface area (Å²) in [7, 11) is 0. The maximum absolute atomic E-state index is 12.6. The molecule has 1 aliphatic heterocycles. The Morgan fingerprint density at radius 2 is 2.17 bits per heavy atom. The lowest BCUT2D eigenvalue weighted by Crippen LogP contribution is -2.50. The summed E-state index contributed by atoms with van der Waals surface area (Å²) in [4.78, 5) is 28.9. The molecule has 3 rings (SSSR count). The number of carbonyl (C=O) groups excluding carboxylic acids is 1. The normalized spacial score (nSPS) is 24.9. The maximum atomic E-state index is 12.6. The largest absolute Gasteiger partial charge is 0.481 e. The van der Waals surface area contributed by atoms with E-state index < -0.39 is 11.5 Å². The van der Waals surface area contributed by atoms with Gasteiger partial charge in [-0.1, -0.05) is 12.8 Å². The first-order valence-electron chi connectivity index (χ1n) is 8.08. The fourth-order valence-corrected chi connectivity index (χ4v) is 4.58. The van der Waals surface area contributed by atoms with Gasteiger partial charge in [0.1, 0.15) is 4.88 Å². The molecular weight excluding hydrogens is 316 g/mol. The van der Waals surface area contributed by atoms with Crippen molar-refractivity contribution in [1.29, 1.82) is 0 Å². The summed E-state index contributed by atoms with van der Waals surface area (Å²) in [6.07, 6.45) is 5.15. The second-order valence-electron chi connectivity index (χ2n) is 6.56. The lowest BCUT2D eigenvalue weighted by molar-refractivity contribution is -0.138. The van der Waals surface area contributed by atoms with Crippen LogP contribution in [0.15, 0.2) is 0 Å². The van der Waals surface area contributed by atoms with E-state index in [1.165, 1.54) is 24.2 Å². The SMILES string of the molecule is Cc1nc(C2CCCC2)sc1C(=O)NC1(CC(=O)O)CCOC1. The fourth-order valence-electron chi connectivity index (χ4n) is 3.45. The van der Waals surface area contributed by atoms with Crippen molar-refractivity contribution < 1.29 is 19.4 Å². The average Bonchev–Trinajstić information content (AvgIpc) is 3.18. The van der Waals surface area contributed by atoms with Gasteiger partial charge in [-0.25, -0.2) is 4.98 Å². The number of aryl methyl sites for hydroxylation is 1. The Morgan fingerprint density at radius 3 is 2.78 bits per heavy atom. The standard InChI is InChI=1S/C16H22N2O4S/c1-10-13(23-15(17-10)11-4-2-3-5-11)14(21)18-16(8-12(19)20)6-7-22-9-16/h11H,2-9H2,1H3,(H,18,21)(H,19,20). The molecule has 2 aliphatic rings. The number of thiazole rings is 1. The quantitative estimate of drug-likeness (QED) is 0.861. The van der Waals surface area contributed by atoms with Crippen molar-refractivity contribution in [3.8, 4) is 0 Å². The molecule has 0 bridgehead atoms. The molecule has 126 valence electrons. The van der Waals surface area contributed by atoms with Gasteiger partial charge in [0.25, 0.3) is 5.91 Å². The predicted octanol–water partition coefficient (Wildman–Crippen LogP) is 2.47. The van der Waals surface area contributed by atoms with Crippen molar-refractivity contribution in [2.45, 2.75) is 56.9 Å². The van der Waals surface area contributed by atoms with Crippen LogP contribution in [0.4, 0.5) is 0 Å². The molecule has 1 saturated heterocycles. The number of carboxylic acids is 1. The maximum Gasteiger partial charge on any atom is 0.305 e. The number of hydrogen-bond acceptors (Lipinski definition) is 5. The fraction of sp³-hybridized carbons (Fsp3) is 0.688. The Hall–Kier alpha value is -1.47. The second kappa shape index (κ2) is 6.57. The van der Waals surface area contributed by atoms with Gasteiger partial charge in [0.15, 0.2) is 0 Å². The topological polar surface area (TPSA) is 88.5 Å². The lowest BCUT2D eigenvalue weighted by Gasteiger charge is -2.26. The van der Waals surface area contributed by atoms with Crippen LogP contribution >= 0.6 is 11.3 Å². The van der Waals surface area contributed by atoms with Gasteiger partial charge in [-0.3, -0.25) is 9.59 Å². The van der Waals surface area contributed by atoms with Crippen LogP contribution in [0.2, 0.25) is 0 Å². The van der Waals surface area contributed by atoms with Crippen molar-refractivity contribution >= 4 is 23.2 Å². The average molecular weight is 338 g/mol. The summed E-state index contributed by atoms with van der Waals surface area (Å²) in [5.41, 5.74) is -0.0638. The van der Waals surface area contributed by atoms with E-state index in [0.717, 1.165) is 23.5 Å². The molecule has 1 aromatic rings. The first-order valence-corrected chi connectivity index (χ1v) is 8.90. The Kier molecular flexibility index (Phi) is 4.68. The predicted molar refractivity (Wildman–Crippen MR) is 85.9 cm³/mol. The van der Waals surface area contributed by atoms with E-state index >= 15 is 0 Å². The number of hydrogen-bond donors (Lipinski definition) is 2. The summed E-state index contributed by atoms with van der Waals surface area (Å²) in [5, 5.41) is 13.1. The molecule has 2 heterocycles. The number of nitrogens with zero attached hydrogens (tertiary/aromatic N) is 1. The summed E-state index contributed by atoms with van der Waals surface area (Å²) in [6.45, 7) is 2.57. The molecule has 1 atom stereocenters. The second-order valence-corrected chi connectivity index (χ2v) is 7.59. The van der Waals surface area contributed by atoms with Crippen LogP contribution < -0.4 is 5.32 Å². The Labute approximate surface area is 139 Å². The van der Waals surface area contributed by atoms with E-state index in [4.69, 9.17) is 9.84 Å². The van der Waals surface area contributed by atoms with E-state index in [2.05, 4.69) is 10.3 Å². The Balaban J connectivity index is 1.75. The Bertz CT molecular complexity index is 601. The van der Waals surface area contributed by atoms with Crippen molar-refractivity contribution in [1.82, 2.24) is 10.3 Å². The minimum atomic E-state index is -0.927. The monoisotopic (exact) mass is 338 g/mol. The zero-order valence-electron chi connectivity index (χ0n) is 13.3. The number of nitrogens with one attached hydrogen (secondary N) is 1. The molecule has 1 aromatic heterocycles. The smallest absolute Gasteiger partial charge is 0.305 e. The highest BCUT2D eigenvalue weighted by Gasteiger charge is 2.39. The van der Waals surface area contributed by atoms with E-state index in [0.29, 0.717) is 23.8 Å². The summed E-state index contributed by atoms with van der Waals surface area (Å²) in [5.74, 6) is -0.678. The number of aliphatic carboxylic acids is 1. The van der Waals surface area contributed by atoms with E-state index in [-0.39, 0.29) is 18.9 Å². The molecule has 0 aromatic carbocycles. The molecule has 0 spiro atoms. The molecule has 23 heavy (non-hydrogen) atoms. The minimum Gasteiger partial charge on any atom is -0.481 e. The summed E-state index contributed by atoms with van der Waals surface area (Å²) in [6, 6.07) is 0. The van der Waals surface area contributed by atoms with Crippen LogP contribution in [0.25, 0.3) is 0 Å². The number of rotatable bonds is 5. The molecule has 2 N–H and O–H groups in total. The van der Waals surface area contributed by atoms with Crippen LogP contribution in [-0.2, 0) is 9.53 Å². The van der Waals surface area contributed by atoms with Crippen LogP contribution in [0, 0.1) is 6.92 Å². The van der Waals surface area contributed by atoms with Gasteiger partial charge in [-0.15, -0.1) is 11.3 Å². The van der Waals surface area contributed by atoms with Gasteiger partial charge >= 0.3 is 5.97 Å². The number of carboxylic acid groups (broad SMARTS) is 1. The zero-order chi connectivity index (χ0) is 16.4. The summed E-state index contributed by atoms with van der Waals surface area (Å²) < 4.78 is 5.32. The van der Waals surface area contributed by atoms with Crippen LogP contribution in [-0.4, -0.2) is 40.7 Å². The number of amides is 1. The van der Waals surface area contributed by atoms with Crippen LogP contribution in [0.5, 0.6) is 0 Å². The number of carbonyl (C=O) groups is 2. The number of ether oxygens (including phenoxy) is 1. The molecule has 0 radical (unpaired) electrons. The van der Waals surface area contributed by atoms with E-state index in [1.54, 1.807) is 0 Å². The van der Waals surface area contributed by atoms with Crippen molar-refractivity contribution in [3.05, 3.63) is 15.6 Å². The third-order valence-electron chi connectivity index (χ3n) is 4.70. The van der Waals surface area contributed by atoms with Crippen LogP contribution in [0.3, 0.4) is 0 Å². The van der Waals surface area contributed by atoms with Crippen molar-refractivity contribution in [2.24, 2.45) is 0 Å². The third kappa shape index (κ3) is 3.55. The number of aromatic nitrogens is 1. The van der Waals surface area contributed by atoms with Gasteiger partial charge in [0, 0.05) is 12.5 Å². The van der Waals surface area contributed by atoms with Gasteiger partial charge in [-0.2, -0.15) is 0 Å². The third-order valence-corrected chi connectivity index (χ3v) is 6.01. The highest BCUT2D eigenvalue weighted by molar-refractivity contribution is 7.13. The van der Waals surface area contributed by atoms with E-state index in [9.17, 15) is 9.59 Å². The van der Waals surface area contributed by atoms with Gasteiger partial charge in [0.05, 0.1) is 29.3 Å². The van der Waals surface area contributed by atoms with Gasteiger partial charge in [0.2, 0.25) is 0 Å². The molecule has 7 heteroatoms. The molecule has 6 nitrogen and oxygen atoms in total. The highest BCUT2D eigenvalue weighted by Crippen LogP contribution is 2.37. The van der Waals surface area contributed by atoms with Crippen molar-refractivity contribution in [2.75, 3.05) is 13.2 Å².